The van der Waals surface area contributed by atoms with Crippen LogP contribution in [0.25, 0.3) is 0 Å². The molecule has 36 heavy (non-hydrogen) atoms. The van der Waals surface area contributed by atoms with Gasteiger partial charge in [0.2, 0.25) is 5.91 Å². The van der Waals surface area contributed by atoms with Gasteiger partial charge in [0.05, 0.1) is 7.11 Å². The highest BCUT2D eigenvalue weighted by molar-refractivity contribution is 5.99. The highest BCUT2D eigenvalue weighted by atomic mass is 16.6. The van der Waals surface area contributed by atoms with Crippen molar-refractivity contribution in [1.82, 2.24) is 10.2 Å². The number of methoxy groups -OCH3 is 1. The molecular formula is C28H39N3O5. The van der Waals surface area contributed by atoms with E-state index >= 15 is 0 Å². The van der Waals surface area contributed by atoms with Crippen LogP contribution in [0, 0.1) is 12.8 Å². The average molecular weight is 498 g/mol. The first kappa shape index (κ1) is 28.7. The molecule has 0 aliphatic rings. The number of amides is 3. The van der Waals surface area contributed by atoms with Crippen LogP contribution in [-0.2, 0) is 14.3 Å². The SMILES string of the molecule is CCC(C)C(NC(=O)OC(C)(C)C)C(=O)N(C)C(C(=O)Nc1ccc(OC)cc1)c1ccc(C)cc1. The predicted octanol–water partition coefficient (Wildman–Crippen LogP) is 5.08. The van der Waals surface area contributed by atoms with Crippen molar-refractivity contribution in [2.24, 2.45) is 5.92 Å². The second-order valence-electron chi connectivity index (χ2n) is 9.99. The van der Waals surface area contributed by atoms with E-state index in [-0.39, 0.29) is 17.7 Å². The van der Waals surface area contributed by atoms with Crippen molar-refractivity contribution in [1.29, 1.82) is 0 Å². The van der Waals surface area contributed by atoms with Gasteiger partial charge in [0.25, 0.3) is 5.91 Å². The maximum absolute atomic E-state index is 13.7. The molecule has 0 aliphatic carbocycles. The molecule has 2 aromatic rings. The number of benzene rings is 2. The Labute approximate surface area is 214 Å². The summed E-state index contributed by atoms with van der Waals surface area (Å²) in [5, 5.41) is 5.62. The van der Waals surface area contributed by atoms with Gasteiger partial charge in [-0.05, 0) is 63.4 Å². The molecule has 0 fully saturated rings. The van der Waals surface area contributed by atoms with Crippen molar-refractivity contribution in [3.63, 3.8) is 0 Å². The molecular weight excluding hydrogens is 458 g/mol. The molecule has 2 N–H and O–H groups in total. The van der Waals surface area contributed by atoms with Gasteiger partial charge in [-0.25, -0.2) is 4.79 Å². The number of rotatable bonds is 9. The van der Waals surface area contributed by atoms with E-state index in [1.54, 1.807) is 59.2 Å². The largest absolute Gasteiger partial charge is 0.497 e. The van der Waals surface area contributed by atoms with Crippen LogP contribution in [0.15, 0.2) is 48.5 Å². The van der Waals surface area contributed by atoms with Gasteiger partial charge < -0.3 is 25.0 Å². The van der Waals surface area contributed by atoms with Crippen molar-refractivity contribution in [2.75, 3.05) is 19.5 Å². The molecule has 3 amide bonds. The normalized spacial score (nSPS) is 13.7. The summed E-state index contributed by atoms with van der Waals surface area (Å²) >= 11 is 0. The van der Waals surface area contributed by atoms with Crippen LogP contribution in [0.5, 0.6) is 5.75 Å². The molecule has 0 heterocycles. The van der Waals surface area contributed by atoms with Crippen molar-refractivity contribution < 1.29 is 23.9 Å². The summed E-state index contributed by atoms with van der Waals surface area (Å²) in [6.45, 7) is 11.1. The zero-order chi connectivity index (χ0) is 27.0. The topological polar surface area (TPSA) is 97.0 Å². The molecule has 3 atom stereocenters. The lowest BCUT2D eigenvalue weighted by molar-refractivity contribution is -0.140. The Kier molecular flexibility index (Phi) is 9.90. The average Bonchev–Trinajstić information content (AvgIpc) is 2.82. The highest BCUT2D eigenvalue weighted by Crippen LogP contribution is 2.25. The van der Waals surface area contributed by atoms with E-state index in [2.05, 4.69) is 10.6 Å². The molecule has 8 heteroatoms. The molecule has 8 nitrogen and oxygen atoms in total. The summed E-state index contributed by atoms with van der Waals surface area (Å²) in [6, 6.07) is 12.6. The van der Waals surface area contributed by atoms with Gasteiger partial charge in [-0.15, -0.1) is 0 Å². The Morgan fingerprint density at radius 1 is 1.00 bits per heavy atom. The molecule has 0 radical (unpaired) electrons. The van der Waals surface area contributed by atoms with Crippen molar-refractivity contribution in [3.05, 3.63) is 59.7 Å². The Hall–Kier alpha value is -3.55. The number of hydrogen-bond acceptors (Lipinski definition) is 5. The molecule has 0 bridgehead atoms. The fourth-order valence-corrected chi connectivity index (χ4v) is 3.65. The summed E-state index contributed by atoms with van der Waals surface area (Å²) in [4.78, 5) is 41.2. The van der Waals surface area contributed by atoms with Gasteiger partial charge in [-0.1, -0.05) is 50.1 Å². The number of alkyl carbamates (subject to hydrolysis) is 1. The maximum Gasteiger partial charge on any atom is 0.408 e. The Balaban J connectivity index is 2.37. The van der Waals surface area contributed by atoms with Gasteiger partial charge in [0, 0.05) is 12.7 Å². The van der Waals surface area contributed by atoms with Crippen LogP contribution in [0.4, 0.5) is 10.5 Å². The first-order chi connectivity index (χ1) is 16.9. The highest BCUT2D eigenvalue weighted by Gasteiger charge is 2.36. The van der Waals surface area contributed by atoms with Crippen molar-refractivity contribution >= 4 is 23.6 Å². The minimum absolute atomic E-state index is 0.184. The van der Waals surface area contributed by atoms with Gasteiger partial charge >= 0.3 is 6.09 Å². The van der Waals surface area contributed by atoms with Crippen LogP contribution >= 0.6 is 0 Å². The number of nitrogens with one attached hydrogen (secondary N) is 2. The first-order valence-corrected chi connectivity index (χ1v) is 12.1. The molecule has 0 spiro atoms. The number of anilines is 1. The molecule has 2 rings (SSSR count). The molecule has 196 valence electrons. The minimum atomic E-state index is -0.924. The number of carbonyl (C=O) groups is 3. The fraction of sp³-hybridized carbons (Fsp3) is 0.464. The van der Waals surface area contributed by atoms with Gasteiger partial charge in [0.1, 0.15) is 23.4 Å². The zero-order valence-corrected chi connectivity index (χ0v) is 22.5. The Bertz CT molecular complexity index is 1030. The Morgan fingerprint density at radius 3 is 2.08 bits per heavy atom. The van der Waals surface area contributed by atoms with Crippen LogP contribution < -0.4 is 15.4 Å². The molecule has 2 aromatic carbocycles. The summed E-state index contributed by atoms with van der Waals surface area (Å²) in [5.74, 6) is -0.276. The Morgan fingerprint density at radius 2 is 1.58 bits per heavy atom. The quantitative estimate of drug-likeness (QED) is 0.504. The summed E-state index contributed by atoms with van der Waals surface area (Å²) in [7, 11) is 3.15. The predicted molar refractivity (Wildman–Crippen MR) is 141 cm³/mol. The van der Waals surface area contributed by atoms with E-state index in [9.17, 15) is 14.4 Å². The standard InChI is InChI=1S/C28H39N3O5/c1-9-19(3)23(30-27(34)36-28(4,5)6)26(33)31(7)24(20-12-10-18(2)11-13-20)25(32)29-21-14-16-22(35-8)17-15-21/h10-17,19,23-24H,9H2,1-8H3,(H,29,32)(H,30,34). The smallest absolute Gasteiger partial charge is 0.408 e. The van der Waals surface area contributed by atoms with Gasteiger partial charge in [0.15, 0.2) is 0 Å². The van der Waals surface area contributed by atoms with Crippen molar-refractivity contribution in [3.8, 4) is 5.75 Å². The van der Waals surface area contributed by atoms with Crippen molar-refractivity contribution in [2.45, 2.75) is 65.6 Å². The molecule has 0 aliphatic heterocycles. The summed E-state index contributed by atoms with van der Waals surface area (Å²) in [6.07, 6.45) is -0.0306. The van der Waals surface area contributed by atoms with E-state index in [0.717, 1.165) is 5.56 Å². The maximum atomic E-state index is 13.7. The molecule has 0 saturated heterocycles. The molecule has 0 aromatic heterocycles. The summed E-state index contributed by atoms with van der Waals surface area (Å²) in [5.41, 5.74) is 1.56. The number of aryl methyl sites for hydroxylation is 1. The van der Waals surface area contributed by atoms with E-state index in [4.69, 9.17) is 9.47 Å². The van der Waals surface area contributed by atoms with Crippen LogP contribution in [0.3, 0.4) is 0 Å². The lowest BCUT2D eigenvalue weighted by Crippen LogP contribution is -2.53. The van der Waals surface area contributed by atoms with E-state index in [1.165, 1.54) is 4.90 Å². The fourth-order valence-electron chi connectivity index (χ4n) is 3.65. The lowest BCUT2D eigenvalue weighted by atomic mass is 9.96. The lowest BCUT2D eigenvalue weighted by Gasteiger charge is -2.33. The third-order valence-corrected chi connectivity index (χ3v) is 5.89. The third kappa shape index (κ3) is 8.00. The van der Waals surface area contributed by atoms with Crippen LogP contribution in [0.2, 0.25) is 0 Å². The van der Waals surface area contributed by atoms with E-state index in [0.29, 0.717) is 23.4 Å². The van der Waals surface area contributed by atoms with E-state index in [1.807, 2.05) is 45.0 Å². The third-order valence-electron chi connectivity index (χ3n) is 5.89. The second-order valence-corrected chi connectivity index (χ2v) is 9.99. The zero-order valence-electron chi connectivity index (χ0n) is 22.5. The van der Waals surface area contributed by atoms with E-state index < -0.39 is 23.8 Å². The monoisotopic (exact) mass is 497 g/mol. The number of hydrogen-bond donors (Lipinski definition) is 2. The second kappa shape index (κ2) is 12.4. The van der Waals surface area contributed by atoms with Gasteiger partial charge in [-0.3, -0.25) is 9.59 Å². The minimum Gasteiger partial charge on any atom is -0.497 e. The summed E-state index contributed by atoms with van der Waals surface area (Å²) < 4.78 is 10.6. The number of carbonyl (C=O) groups excluding carboxylic acids is 3. The first-order valence-electron chi connectivity index (χ1n) is 12.1. The number of ether oxygens (including phenoxy) is 2. The number of nitrogens with zero attached hydrogens (tertiary/aromatic N) is 1. The van der Waals surface area contributed by atoms with Crippen LogP contribution in [-0.4, -0.2) is 48.6 Å². The van der Waals surface area contributed by atoms with Crippen LogP contribution in [0.1, 0.15) is 58.2 Å². The number of likely N-dealkylation sites (N-methyl/N-ethyl adjacent to an activating group) is 1. The molecule has 3 unspecified atom stereocenters. The van der Waals surface area contributed by atoms with Gasteiger partial charge in [-0.2, -0.15) is 0 Å². The molecule has 0 saturated carbocycles.